The van der Waals surface area contributed by atoms with E-state index >= 15 is 0 Å². The smallest absolute Gasteiger partial charge is 0.311 e. The van der Waals surface area contributed by atoms with Gasteiger partial charge in [-0.2, -0.15) is 0 Å². The van der Waals surface area contributed by atoms with Crippen LogP contribution in [0.2, 0.25) is 0 Å². The van der Waals surface area contributed by atoms with Crippen LogP contribution in [-0.2, 0) is 28.6 Å². The average Bonchev–Trinajstić information content (AvgIpc) is 3.13. The van der Waals surface area contributed by atoms with Gasteiger partial charge in [0.05, 0.1) is 16.2 Å². The normalized spacial score (nSPS) is 14.4. The molecule has 0 saturated heterocycles. The SMILES string of the molecule is CCCCN(CCCC)CCOC(=O)C(C)(C)CC(C)(CC(C)(CC)C(=O)OCCN(CCCC)CCCC)C(=O)OCCN(CCCC)CCCC. The summed E-state index contributed by atoms with van der Waals surface area (Å²) in [5, 5.41) is 0. The highest BCUT2D eigenvalue weighted by Gasteiger charge is 2.50. The van der Waals surface area contributed by atoms with Gasteiger partial charge in [0.15, 0.2) is 0 Å². The van der Waals surface area contributed by atoms with E-state index < -0.39 is 16.2 Å². The highest BCUT2D eigenvalue weighted by atomic mass is 16.5. The molecule has 53 heavy (non-hydrogen) atoms. The molecule has 0 saturated carbocycles. The summed E-state index contributed by atoms with van der Waals surface area (Å²) in [6, 6.07) is 0. The molecule has 0 heterocycles. The van der Waals surface area contributed by atoms with Gasteiger partial charge >= 0.3 is 17.9 Å². The van der Waals surface area contributed by atoms with Gasteiger partial charge in [-0.25, -0.2) is 0 Å². The Hall–Kier alpha value is -1.71. The molecule has 0 spiro atoms. The van der Waals surface area contributed by atoms with Gasteiger partial charge in [-0.15, -0.1) is 0 Å². The highest BCUT2D eigenvalue weighted by Crippen LogP contribution is 2.46. The first-order valence-electron chi connectivity index (χ1n) is 21.9. The standard InChI is InChI=1S/C44H87N3O6/c1-12-19-25-45(26-20-13-2)31-34-51-39(48)42(8,9)37-44(11,41(50)53-36-33-47(29-23-16-5)30-24-17-6)38-43(10,18-7)40(49)52-35-32-46(27-21-14-3)28-22-15-4/h12-38H2,1-11H3. The summed E-state index contributed by atoms with van der Waals surface area (Å²) in [5.41, 5.74) is -3.03. The number of hydrogen-bond acceptors (Lipinski definition) is 9. The second-order valence-electron chi connectivity index (χ2n) is 16.8. The molecule has 2 atom stereocenters. The fourth-order valence-corrected chi connectivity index (χ4v) is 7.10. The minimum atomic E-state index is -1.12. The molecule has 0 aliphatic heterocycles. The van der Waals surface area contributed by atoms with Gasteiger partial charge in [0, 0.05) is 19.6 Å². The van der Waals surface area contributed by atoms with E-state index in [4.69, 9.17) is 14.2 Å². The summed E-state index contributed by atoms with van der Waals surface area (Å²) >= 11 is 0. The van der Waals surface area contributed by atoms with Gasteiger partial charge in [-0.1, -0.05) is 87.0 Å². The van der Waals surface area contributed by atoms with Crippen LogP contribution in [0.25, 0.3) is 0 Å². The third kappa shape index (κ3) is 21.8. The molecule has 0 radical (unpaired) electrons. The fourth-order valence-electron chi connectivity index (χ4n) is 7.10. The molecular weight excluding hydrogens is 666 g/mol. The Morgan fingerprint density at radius 1 is 0.396 bits per heavy atom. The summed E-state index contributed by atoms with van der Waals surface area (Å²) < 4.78 is 18.0. The lowest BCUT2D eigenvalue weighted by Crippen LogP contribution is -2.45. The maximum atomic E-state index is 14.2. The molecule has 0 amide bonds. The van der Waals surface area contributed by atoms with Crippen molar-refractivity contribution in [2.75, 3.05) is 78.7 Å². The van der Waals surface area contributed by atoms with Crippen molar-refractivity contribution in [1.82, 2.24) is 14.7 Å². The van der Waals surface area contributed by atoms with Crippen molar-refractivity contribution in [3.05, 3.63) is 0 Å². The van der Waals surface area contributed by atoms with Crippen LogP contribution < -0.4 is 0 Å². The van der Waals surface area contributed by atoms with Gasteiger partial charge in [0.25, 0.3) is 0 Å². The quantitative estimate of drug-likeness (QED) is 0.0464. The molecular formula is C44H87N3O6. The maximum absolute atomic E-state index is 14.2. The first-order chi connectivity index (χ1) is 25.2. The predicted molar refractivity (Wildman–Crippen MR) is 221 cm³/mol. The van der Waals surface area contributed by atoms with Gasteiger partial charge in [-0.05, 0) is 125 Å². The largest absolute Gasteiger partial charge is 0.464 e. The van der Waals surface area contributed by atoms with Crippen LogP contribution in [0.1, 0.15) is 172 Å². The van der Waals surface area contributed by atoms with Crippen LogP contribution in [0.15, 0.2) is 0 Å². The molecule has 0 aliphatic carbocycles. The Bertz CT molecular complexity index is 937. The summed E-state index contributed by atoms with van der Waals surface area (Å²) in [4.78, 5) is 49.0. The molecule has 314 valence electrons. The molecule has 0 aromatic heterocycles. The number of nitrogens with zero attached hydrogens (tertiary/aromatic N) is 3. The number of carbonyl (C=O) groups excluding carboxylic acids is 3. The molecule has 0 aromatic carbocycles. The van der Waals surface area contributed by atoms with Crippen LogP contribution in [0.4, 0.5) is 0 Å². The molecule has 9 nitrogen and oxygen atoms in total. The first kappa shape index (κ1) is 51.3. The van der Waals surface area contributed by atoms with E-state index in [9.17, 15) is 14.4 Å². The summed E-state index contributed by atoms with van der Waals surface area (Å²) in [5.74, 6) is -0.991. The van der Waals surface area contributed by atoms with Crippen molar-refractivity contribution in [2.24, 2.45) is 16.2 Å². The van der Waals surface area contributed by atoms with Crippen LogP contribution >= 0.6 is 0 Å². The number of esters is 3. The van der Waals surface area contributed by atoms with Crippen molar-refractivity contribution in [3.8, 4) is 0 Å². The lowest BCUT2D eigenvalue weighted by molar-refractivity contribution is -0.169. The second-order valence-corrected chi connectivity index (χ2v) is 16.8. The Balaban J connectivity index is 6.06. The third-order valence-electron chi connectivity index (χ3n) is 10.8. The van der Waals surface area contributed by atoms with Crippen molar-refractivity contribution in [2.45, 2.75) is 172 Å². The van der Waals surface area contributed by atoms with Crippen LogP contribution in [0.5, 0.6) is 0 Å². The van der Waals surface area contributed by atoms with E-state index in [0.717, 1.165) is 116 Å². The number of ether oxygens (including phenoxy) is 3. The topological polar surface area (TPSA) is 88.6 Å². The van der Waals surface area contributed by atoms with Crippen LogP contribution in [0.3, 0.4) is 0 Å². The third-order valence-corrected chi connectivity index (χ3v) is 10.8. The van der Waals surface area contributed by atoms with Crippen molar-refractivity contribution in [3.63, 3.8) is 0 Å². The number of hydrogen-bond donors (Lipinski definition) is 0. The number of rotatable bonds is 35. The zero-order valence-corrected chi connectivity index (χ0v) is 36.9. The van der Waals surface area contributed by atoms with E-state index in [1.165, 1.54) is 0 Å². The van der Waals surface area contributed by atoms with Crippen LogP contribution in [0, 0.1) is 16.2 Å². The summed E-state index contributed by atoms with van der Waals surface area (Å²) in [7, 11) is 0. The monoisotopic (exact) mass is 754 g/mol. The first-order valence-corrected chi connectivity index (χ1v) is 21.9. The highest BCUT2D eigenvalue weighted by molar-refractivity contribution is 5.82. The maximum Gasteiger partial charge on any atom is 0.311 e. The lowest BCUT2D eigenvalue weighted by atomic mass is 9.65. The zero-order valence-electron chi connectivity index (χ0n) is 36.9. The minimum absolute atomic E-state index is 0.202. The van der Waals surface area contributed by atoms with Gasteiger partial charge in [0.1, 0.15) is 19.8 Å². The molecule has 0 rings (SSSR count). The van der Waals surface area contributed by atoms with E-state index in [1.807, 2.05) is 34.6 Å². The van der Waals surface area contributed by atoms with Gasteiger partial charge in [0.2, 0.25) is 0 Å². The minimum Gasteiger partial charge on any atom is -0.464 e. The molecule has 0 fully saturated rings. The van der Waals surface area contributed by atoms with E-state index in [2.05, 4.69) is 56.2 Å². The Kier molecular flexibility index (Phi) is 28.6. The summed E-state index contributed by atoms with van der Waals surface area (Å²) in [6.07, 6.45) is 14.3. The molecule has 2 unspecified atom stereocenters. The zero-order chi connectivity index (χ0) is 40.2. The van der Waals surface area contributed by atoms with Crippen molar-refractivity contribution >= 4 is 17.9 Å². The Morgan fingerprint density at radius 2 is 0.679 bits per heavy atom. The van der Waals surface area contributed by atoms with Crippen molar-refractivity contribution < 1.29 is 28.6 Å². The second kappa shape index (κ2) is 29.6. The van der Waals surface area contributed by atoms with E-state index in [-0.39, 0.29) is 37.4 Å². The Morgan fingerprint density at radius 3 is 0.962 bits per heavy atom. The molecule has 0 aliphatic rings. The Labute approximate surface area is 328 Å². The van der Waals surface area contributed by atoms with Crippen LogP contribution in [-0.4, -0.2) is 111 Å². The molecule has 0 N–H and O–H groups in total. The van der Waals surface area contributed by atoms with Gasteiger partial charge in [-0.3, -0.25) is 29.1 Å². The number of unbranched alkanes of at least 4 members (excludes halogenated alkanes) is 6. The molecule has 0 aromatic rings. The predicted octanol–water partition coefficient (Wildman–Crippen LogP) is 9.55. The van der Waals surface area contributed by atoms with Gasteiger partial charge < -0.3 is 14.2 Å². The fraction of sp³-hybridized carbons (Fsp3) is 0.932. The van der Waals surface area contributed by atoms with E-state index in [0.29, 0.717) is 39.3 Å². The van der Waals surface area contributed by atoms with Crippen molar-refractivity contribution in [1.29, 1.82) is 0 Å². The lowest BCUT2D eigenvalue weighted by Gasteiger charge is -2.40. The average molecular weight is 754 g/mol. The number of carbonyl (C=O) groups is 3. The summed E-state index contributed by atoms with van der Waals surface area (Å²) in [6.45, 7) is 31.5. The van der Waals surface area contributed by atoms with E-state index in [1.54, 1.807) is 0 Å². The molecule has 0 bridgehead atoms. The molecule has 9 heteroatoms.